The Bertz CT molecular complexity index is 2320. The molecule has 4 aromatic carbocycles. The van der Waals surface area contributed by atoms with Gasteiger partial charge in [-0.25, -0.2) is 16.8 Å². The maximum Gasteiger partial charge on any atom is 0.420 e. The number of aromatic hydroxyl groups is 1. The molecule has 0 spiro atoms. The molecule has 2 aliphatic heterocycles. The fourth-order valence-electron chi connectivity index (χ4n) is 5.23. The molecular weight excluding hydrogens is 777 g/mol. The number of phenols is 1. The number of benzene rings is 4. The quantitative estimate of drug-likeness (QED) is 0.215. The molecule has 2 heterocycles. The van der Waals surface area contributed by atoms with Gasteiger partial charge in [-0.2, -0.15) is 26.3 Å². The Hall–Kier alpha value is -4.52. The normalized spacial score (nSPS) is 15.8. The predicted molar refractivity (Wildman–Crippen MR) is 172 cm³/mol. The first kappa shape index (κ1) is 37.7. The smallest absolute Gasteiger partial charge is 0.420 e. The molecule has 0 unspecified atom stereocenters. The van der Waals surface area contributed by atoms with E-state index in [1.54, 1.807) is 0 Å². The summed E-state index contributed by atoms with van der Waals surface area (Å²) in [7, 11) is -6.48. The summed E-state index contributed by atoms with van der Waals surface area (Å²) < 4.78 is 132. The summed E-state index contributed by atoms with van der Waals surface area (Å²) >= 11 is 11.4. The number of ether oxygens (including phenoxy) is 1. The number of hydrogen-bond acceptors (Lipinski definition) is 8. The van der Waals surface area contributed by atoms with Crippen molar-refractivity contribution in [2.75, 3.05) is 28.7 Å². The molecule has 0 aliphatic carbocycles. The van der Waals surface area contributed by atoms with E-state index in [4.69, 9.17) is 23.2 Å². The molecular formula is C31H20Cl2F6N2O8S2. The molecule has 20 heteroatoms. The van der Waals surface area contributed by atoms with E-state index >= 15 is 0 Å². The Morgan fingerprint density at radius 1 is 0.686 bits per heavy atom. The Morgan fingerprint density at radius 2 is 1.08 bits per heavy atom. The number of para-hydroxylation sites is 2. The number of methoxy groups -OCH3 is 1. The number of hydrogen-bond donors (Lipinski definition) is 1. The number of halogens is 8. The fourth-order valence-corrected chi connectivity index (χ4v) is 8.78. The van der Waals surface area contributed by atoms with Crippen molar-refractivity contribution in [2.24, 2.45) is 0 Å². The highest BCUT2D eigenvalue weighted by molar-refractivity contribution is 7.92. The zero-order valence-electron chi connectivity index (χ0n) is 25.4. The SMILES string of the molecule is COc1c(Cl)cc(C(=O)N2CS(=O)(=O)c3ccccc32)cc1C(F)(F)F.O=C(c1cc(Cl)c(O)c(C(F)(F)F)c1)N1CS(=O)(=O)c2ccccc21. The maximum atomic E-state index is 13.2. The van der Waals surface area contributed by atoms with E-state index in [0.29, 0.717) is 12.1 Å². The summed E-state index contributed by atoms with van der Waals surface area (Å²) in [5.74, 6) is -5.03. The number of alkyl halides is 6. The van der Waals surface area contributed by atoms with Gasteiger partial charge in [0.2, 0.25) is 0 Å². The summed E-state index contributed by atoms with van der Waals surface area (Å²) in [6.07, 6.45) is -9.74. The number of nitrogens with zero attached hydrogens (tertiary/aromatic N) is 2. The second-order valence-electron chi connectivity index (χ2n) is 10.8. The molecule has 0 radical (unpaired) electrons. The summed E-state index contributed by atoms with van der Waals surface area (Å²) in [4.78, 5) is 26.9. The number of fused-ring (bicyclic) bond motifs is 2. The van der Waals surface area contributed by atoms with Crippen molar-refractivity contribution in [3.63, 3.8) is 0 Å². The van der Waals surface area contributed by atoms with Crippen LogP contribution in [0.15, 0.2) is 82.6 Å². The number of carbonyl (C=O) groups is 2. The van der Waals surface area contributed by atoms with Crippen LogP contribution in [0.5, 0.6) is 11.5 Å². The lowest BCUT2D eigenvalue weighted by atomic mass is 10.1. The number of amides is 2. The minimum atomic E-state index is -4.93. The first-order chi connectivity index (χ1) is 23.6. The highest BCUT2D eigenvalue weighted by Gasteiger charge is 2.41. The van der Waals surface area contributed by atoms with E-state index in [1.165, 1.54) is 48.5 Å². The first-order valence-corrected chi connectivity index (χ1v) is 18.0. The zero-order valence-corrected chi connectivity index (χ0v) is 28.5. The second-order valence-corrected chi connectivity index (χ2v) is 15.4. The van der Waals surface area contributed by atoms with Crippen LogP contribution in [-0.2, 0) is 32.0 Å². The van der Waals surface area contributed by atoms with Crippen LogP contribution in [0.3, 0.4) is 0 Å². The molecule has 10 nitrogen and oxygen atoms in total. The highest BCUT2D eigenvalue weighted by atomic mass is 35.5. The molecule has 51 heavy (non-hydrogen) atoms. The molecule has 2 amide bonds. The van der Waals surface area contributed by atoms with Crippen LogP contribution in [0.2, 0.25) is 10.0 Å². The van der Waals surface area contributed by atoms with Crippen LogP contribution in [-0.4, -0.2) is 52.6 Å². The topological polar surface area (TPSA) is 138 Å². The zero-order chi connectivity index (χ0) is 37.8. The van der Waals surface area contributed by atoms with Gasteiger partial charge in [-0.3, -0.25) is 19.4 Å². The van der Waals surface area contributed by atoms with Crippen molar-refractivity contribution in [1.29, 1.82) is 0 Å². The summed E-state index contributed by atoms with van der Waals surface area (Å²) in [6.45, 7) is 0. The number of sulfone groups is 2. The van der Waals surface area contributed by atoms with Crippen LogP contribution in [0.1, 0.15) is 31.8 Å². The van der Waals surface area contributed by atoms with E-state index in [2.05, 4.69) is 4.74 Å². The molecule has 6 rings (SSSR count). The van der Waals surface area contributed by atoms with Gasteiger partial charge in [0.25, 0.3) is 11.8 Å². The number of phenolic OH excluding ortho intramolecular Hbond substituents is 1. The van der Waals surface area contributed by atoms with Crippen LogP contribution in [0.25, 0.3) is 0 Å². The third-order valence-electron chi connectivity index (χ3n) is 7.49. The third-order valence-corrected chi connectivity index (χ3v) is 11.3. The Kier molecular flexibility index (Phi) is 9.78. The standard InChI is InChI=1S/C16H11ClF3NO4S.C15H9ClF3NO4S/c1-25-14-10(16(18,19)20)6-9(7-11(14)17)15(22)21-8-26(23,24)13-5-3-2-4-12(13)21;16-10-6-8(5-9(13(10)21)15(17,18)19)14(22)20-7-25(23,24)12-4-2-1-3-11(12)20/h2-7H,8H2,1H3;1-6,21H,7H2. The molecule has 4 aromatic rings. The molecule has 0 aromatic heterocycles. The van der Waals surface area contributed by atoms with Gasteiger partial charge in [0.15, 0.2) is 19.7 Å². The van der Waals surface area contributed by atoms with Crippen molar-refractivity contribution in [1.82, 2.24) is 0 Å². The number of carbonyl (C=O) groups excluding carboxylic acids is 2. The maximum absolute atomic E-state index is 13.2. The minimum absolute atomic E-state index is 0.0518. The van der Waals surface area contributed by atoms with Gasteiger partial charge in [0.1, 0.15) is 23.3 Å². The molecule has 270 valence electrons. The van der Waals surface area contributed by atoms with Gasteiger partial charge in [-0.05, 0) is 48.5 Å². The molecule has 0 atom stereocenters. The Balaban J connectivity index is 0.000000198. The van der Waals surface area contributed by atoms with E-state index < -0.39 is 99.4 Å². The van der Waals surface area contributed by atoms with Crippen LogP contribution >= 0.6 is 23.2 Å². The molecule has 0 bridgehead atoms. The van der Waals surface area contributed by atoms with Crippen molar-refractivity contribution < 1.29 is 62.6 Å². The second kappa shape index (κ2) is 13.2. The van der Waals surface area contributed by atoms with Crippen LogP contribution in [0.4, 0.5) is 37.7 Å². The van der Waals surface area contributed by atoms with Gasteiger partial charge in [0.05, 0.1) is 49.4 Å². The number of anilines is 2. The first-order valence-electron chi connectivity index (χ1n) is 13.9. The lowest BCUT2D eigenvalue weighted by Gasteiger charge is -2.19. The Morgan fingerprint density at radius 3 is 1.49 bits per heavy atom. The minimum Gasteiger partial charge on any atom is -0.506 e. The van der Waals surface area contributed by atoms with E-state index in [9.17, 15) is 57.9 Å². The molecule has 0 saturated heterocycles. The summed E-state index contributed by atoms with van der Waals surface area (Å²) in [6, 6.07) is 14.4. The molecule has 0 saturated carbocycles. The van der Waals surface area contributed by atoms with Crippen LogP contribution < -0.4 is 14.5 Å². The fraction of sp³-hybridized carbons (Fsp3) is 0.161. The predicted octanol–water partition coefficient (Wildman–Crippen LogP) is 7.22. The van der Waals surface area contributed by atoms with Crippen LogP contribution in [0, 0.1) is 0 Å². The van der Waals surface area contributed by atoms with Crippen molar-refractivity contribution in [3.05, 3.63) is 105 Å². The lowest BCUT2D eigenvalue weighted by Crippen LogP contribution is -2.30. The molecule has 1 N–H and O–H groups in total. The van der Waals surface area contributed by atoms with E-state index in [0.717, 1.165) is 29.0 Å². The van der Waals surface area contributed by atoms with Crippen molar-refractivity contribution in [2.45, 2.75) is 22.1 Å². The molecule has 2 aliphatic rings. The monoisotopic (exact) mass is 796 g/mol. The Labute approximate surface area is 295 Å². The average molecular weight is 798 g/mol. The van der Waals surface area contributed by atoms with Gasteiger partial charge in [0, 0.05) is 11.1 Å². The van der Waals surface area contributed by atoms with Crippen molar-refractivity contribution in [3.8, 4) is 11.5 Å². The lowest BCUT2D eigenvalue weighted by molar-refractivity contribution is -0.139. The van der Waals surface area contributed by atoms with Gasteiger partial charge in [-0.1, -0.05) is 47.5 Å². The summed E-state index contributed by atoms with van der Waals surface area (Å²) in [5.41, 5.74) is -3.38. The van der Waals surface area contributed by atoms with E-state index in [1.807, 2.05) is 0 Å². The van der Waals surface area contributed by atoms with Crippen molar-refractivity contribution >= 4 is 66.1 Å². The highest BCUT2D eigenvalue weighted by Crippen LogP contribution is 2.43. The van der Waals surface area contributed by atoms with E-state index in [-0.39, 0.29) is 21.2 Å². The van der Waals surface area contributed by atoms with Gasteiger partial charge in [-0.15, -0.1) is 0 Å². The largest absolute Gasteiger partial charge is 0.506 e. The summed E-state index contributed by atoms with van der Waals surface area (Å²) in [5, 5.41) is 8.41. The third kappa shape index (κ3) is 7.17. The average Bonchev–Trinajstić information content (AvgIpc) is 3.49. The van der Waals surface area contributed by atoms with Gasteiger partial charge < -0.3 is 9.84 Å². The van der Waals surface area contributed by atoms with Gasteiger partial charge >= 0.3 is 12.4 Å². The number of rotatable bonds is 3. The molecule has 0 fully saturated rings.